The maximum Gasteiger partial charge on any atom is 0.265 e. The number of hydrogen-bond donors (Lipinski definition) is 1. The Kier molecular flexibility index (Phi) is 5.61. The van der Waals surface area contributed by atoms with E-state index in [9.17, 15) is 9.18 Å². The lowest BCUT2D eigenvalue weighted by Gasteiger charge is -2.12. The van der Waals surface area contributed by atoms with Gasteiger partial charge < -0.3 is 10.1 Å². The van der Waals surface area contributed by atoms with E-state index >= 15 is 0 Å². The summed E-state index contributed by atoms with van der Waals surface area (Å²) in [5.41, 5.74) is 5.33. The van der Waals surface area contributed by atoms with Gasteiger partial charge in [-0.15, -0.1) is 11.3 Å². The predicted octanol–water partition coefficient (Wildman–Crippen LogP) is 5.95. The van der Waals surface area contributed by atoms with Crippen molar-refractivity contribution in [1.82, 2.24) is 0 Å². The smallest absolute Gasteiger partial charge is 0.265 e. The first-order valence-corrected chi connectivity index (χ1v) is 9.57. The fourth-order valence-corrected chi connectivity index (χ4v) is 3.78. The first kappa shape index (κ1) is 19.1. The van der Waals surface area contributed by atoms with Crippen LogP contribution in [-0.4, -0.2) is 5.91 Å². The number of ether oxygens (including phenoxy) is 1. The normalized spacial score (nSPS) is 10.7. The van der Waals surface area contributed by atoms with Crippen molar-refractivity contribution in [2.45, 2.75) is 34.3 Å². The molecule has 0 aliphatic rings. The second kappa shape index (κ2) is 7.92. The molecule has 0 spiro atoms. The van der Waals surface area contributed by atoms with E-state index in [4.69, 9.17) is 4.74 Å². The molecule has 3 rings (SSSR count). The van der Waals surface area contributed by atoms with Crippen LogP contribution in [0.3, 0.4) is 0 Å². The van der Waals surface area contributed by atoms with Crippen LogP contribution in [-0.2, 0) is 6.61 Å². The molecule has 5 heteroatoms. The van der Waals surface area contributed by atoms with E-state index < -0.39 is 0 Å². The van der Waals surface area contributed by atoms with E-state index in [2.05, 4.69) is 24.4 Å². The molecule has 0 aliphatic carbocycles. The summed E-state index contributed by atoms with van der Waals surface area (Å²) in [6.45, 7) is 8.20. The van der Waals surface area contributed by atoms with Gasteiger partial charge in [-0.1, -0.05) is 23.8 Å². The predicted molar refractivity (Wildman–Crippen MR) is 108 cm³/mol. The van der Waals surface area contributed by atoms with E-state index in [-0.39, 0.29) is 11.7 Å². The number of hydrogen-bond acceptors (Lipinski definition) is 3. The van der Waals surface area contributed by atoms with Gasteiger partial charge in [-0.25, -0.2) is 4.39 Å². The SMILES string of the molecule is Cc1cc(C)c(OCc2csc(C(=O)Nc3ccc(C)c(F)c3)c2)c(C)c1. The third kappa shape index (κ3) is 4.55. The van der Waals surface area contributed by atoms with Gasteiger partial charge in [0.2, 0.25) is 0 Å². The number of halogens is 1. The molecular formula is C22H22FNO2S. The molecule has 0 fully saturated rings. The molecular weight excluding hydrogens is 361 g/mol. The number of rotatable bonds is 5. The number of nitrogens with one attached hydrogen (secondary N) is 1. The highest BCUT2D eigenvalue weighted by atomic mass is 32.1. The number of carbonyl (C=O) groups excluding carboxylic acids is 1. The summed E-state index contributed by atoms with van der Waals surface area (Å²) in [5, 5.41) is 4.63. The number of thiophene rings is 1. The monoisotopic (exact) mass is 383 g/mol. The molecule has 3 nitrogen and oxygen atoms in total. The highest BCUT2D eigenvalue weighted by Crippen LogP contribution is 2.26. The van der Waals surface area contributed by atoms with Gasteiger partial charge in [0, 0.05) is 11.3 Å². The average Bonchev–Trinajstić information content (AvgIpc) is 3.06. The van der Waals surface area contributed by atoms with Gasteiger partial charge in [-0.3, -0.25) is 4.79 Å². The lowest BCUT2D eigenvalue weighted by molar-refractivity contribution is 0.103. The molecule has 3 aromatic rings. The summed E-state index contributed by atoms with van der Waals surface area (Å²) in [7, 11) is 0. The van der Waals surface area contributed by atoms with Crippen LogP contribution in [0.2, 0.25) is 0 Å². The number of anilines is 1. The van der Waals surface area contributed by atoms with Crippen LogP contribution in [0.5, 0.6) is 5.75 Å². The minimum atomic E-state index is -0.336. The van der Waals surface area contributed by atoms with E-state index in [0.717, 1.165) is 22.4 Å². The maximum atomic E-state index is 13.6. The van der Waals surface area contributed by atoms with Gasteiger partial charge in [-0.2, -0.15) is 0 Å². The minimum absolute atomic E-state index is 0.253. The molecule has 0 unspecified atom stereocenters. The van der Waals surface area contributed by atoms with Crippen molar-refractivity contribution in [3.05, 3.63) is 80.3 Å². The Bertz CT molecular complexity index is 971. The summed E-state index contributed by atoms with van der Waals surface area (Å²) in [6.07, 6.45) is 0. The third-order valence-electron chi connectivity index (χ3n) is 4.30. The van der Waals surface area contributed by atoms with Crippen molar-refractivity contribution in [3.8, 4) is 5.75 Å². The quantitative estimate of drug-likeness (QED) is 0.591. The van der Waals surface area contributed by atoms with E-state index in [1.165, 1.54) is 23.0 Å². The number of carbonyl (C=O) groups is 1. The van der Waals surface area contributed by atoms with Gasteiger partial charge in [0.25, 0.3) is 5.91 Å². The number of aryl methyl sites for hydroxylation is 4. The van der Waals surface area contributed by atoms with Crippen LogP contribution >= 0.6 is 11.3 Å². The third-order valence-corrected chi connectivity index (χ3v) is 5.27. The van der Waals surface area contributed by atoms with Gasteiger partial charge in [-0.05, 0) is 68.0 Å². The minimum Gasteiger partial charge on any atom is -0.488 e. The number of benzene rings is 2. The van der Waals surface area contributed by atoms with Crippen molar-refractivity contribution in [2.24, 2.45) is 0 Å². The molecule has 1 aromatic heterocycles. The van der Waals surface area contributed by atoms with Crippen molar-refractivity contribution in [3.63, 3.8) is 0 Å². The molecule has 0 bridgehead atoms. The van der Waals surface area contributed by atoms with Crippen LogP contribution < -0.4 is 10.1 Å². The summed E-state index contributed by atoms with van der Waals surface area (Å²) < 4.78 is 19.6. The topological polar surface area (TPSA) is 38.3 Å². The summed E-state index contributed by atoms with van der Waals surface area (Å²) in [5.74, 6) is 0.294. The van der Waals surface area contributed by atoms with E-state index in [1.54, 1.807) is 19.1 Å². The van der Waals surface area contributed by atoms with Crippen molar-refractivity contribution in [2.75, 3.05) is 5.32 Å². The van der Waals surface area contributed by atoms with Crippen LogP contribution in [0, 0.1) is 33.5 Å². The molecule has 0 atom stereocenters. The average molecular weight is 383 g/mol. The molecule has 0 radical (unpaired) electrons. The Morgan fingerprint density at radius 3 is 2.41 bits per heavy atom. The van der Waals surface area contributed by atoms with Gasteiger partial charge in [0.05, 0.1) is 4.88 Å². The number of amides is 1. The summed E-state index contributed by atoms with van der Waals surface area (Å²) in [6, 6.07) is 10.7. The van der Waals surface area contributed by atoms with Crippen LogP contribution in [0.1, 0.15) is 37.5 Å². The highest BCUT2D eigenvalue weighted by Gasteiger charge is 2.12. The van der Waals surface area contributed by atoms with Crippen LogP contribution in [0.4, 0.5) is 10.1 Å². The largest absolute Gasteiger partial charge is 0.488 e. The fourth-order valence-electron chi connectivity index (χ4n) is 2.98. The first-order valence-electron chi connectivity index (χ1n) is 8.69. The molecule has 1 amide bonds. The molecule has 0 saturated carbocycles. The molecule has 27 heavy (non-hydrogen) atoms. The summed E-state index contributed by atoms with van der Waals surface area (Å²) >= 11 is 1.34. The Balaban J connectivity index is 1.66. The second-order valence-electron chi connectivity index (χ2n) is 6.75. The van der Waals surface area contributed by atoms with Crippen molar-refractivity contribution >= 4 is 22.9 Å². The Morgan fingerprint density at radius 2 is 1.74 bits per heavy atom. The molecule has 0 saturated heterocycles. The van der Waals surface area contributed by atoms with Crippen molar-refractivity contribution in [1.29, 1.82) is 0 Å². The zero-order valence-corrected chi connectivity index (χ0v) is 16.7. The Morgan fingerprint density at radius 1 is 1.04 bits per heavy atom. The van der Waals surface area contributed by atoms with Crippen LogP contribution in [0.25, 0.3) is 0 Å². The second-order valence-corrected chi connectivity index (χ2v) is 7.67. The van der Waals surface area contributed by atoms with Crippen molar-refractivity contribution < 1.29 is 13.9 Å². The zero-order valence-electron chi connectivity index (χ0n) is 15.9. The molecule has 140 valence electrons. The van der Waals surface area contributed by atoms with E-state index in [1.807, 2.05) is 25.3 Å². The van der Waals surface area contributed by atoms with Gasteiger partial charge >= 0.3 is 0 Å². The standard InChI is InChI=1S/C22H22FNO2S/c1-13-7-15(3)21(16(4)8-13)26-11-17-9-20(27-12-17)22(25)24-18-6-5-14(2)19(23)10-18/h5-10,12H,11H2,1-4H3,(H,24,25). The van der Waals surface area contributed by atoms with Gasteiger partial charge in [0.15, 0.2) is 0 Å². The zero-order chi connectivity index (χ0) is 19.6. The molecule has 1 heterocycles. The molecule has 2 aromatic carbocycles. The van der Waals surface area contributed by atoms with Crippen LogP contribution in [0.15, 0.2) is 41.8 Å². The maximum absolute atomic E-state index is 13.6. The van der Waals surface area contributed by atoms with Gasteiger partial charge in [0.1, 0.15) is 18.2 Å². The van der Waals surface area contributed by atoms with E-state index in [0.29, 0.717) is 22.7 Å². The first-order chi connectivity index (χ1) is 12.8. The summed E-state index contributed by atoms with van der Waals surface area (Å²) in [4.78, 5) is 12.9. The molecule has 0 aliphatic heterocycles. The highest BCUT2D eigenvalue weighted by molar-refractivity contribution is 7.12. The Hall–Kier alpha value is -2.66. The Labute approximate surface area is 162 Å². The molecule has 1 N–H and O–H groups in total. The lowest BCUT2D eigenvalue weighted by atomic mass is 10.1. The lowest BCUT2D eigenvalue weighted by Crippen LogP contribution is -2.10. The fraction of sp³-hybridized carbons (Fsp3) is 0.227.